The predicted molar refractivity (Wildman–Crippen MR) is 111 cm³/mol. The predicted octanol–water partition coefficient (Wildman–Crippen LogP) is 3.95. The van der Waals surface area contributed by atoms with Gasteiger partial charge in [-0.25, -0.2) is 4.39 Å². The first-order valence-electron chi connectivity index (χ1n) is 9.35. The van der Waals surface area contributed by atoms with Crippen molar-refractivity contribution in [3.05, 3.63) is 77.3 Å². The van der Waals surface area contributed by atoms with E-state index in [0.717, 1.165) is 5.56 Å². The Morgan fingerprint density at radius 1 is 1.20 bits per heavy atom. The van der Waals surface area contributed by atoms with Gasteiger partial charge in [-0.15, -0.1) is 0 Å². The van der Waals surface area contributed by atoms with Gasteiger partial charge in [0.25, 0.3) is 11.8 Å². The zero-order chi connectivity index (χ0) is 21.1. The van der Waals surface area contributed by atoms with E-state index >= 15 is 0 Å². The largest absolute Gasteiger partial charge is 0.457 e. The van der Waals surface area contributed by atoms with Crippen LogP contribution in [0.15, 0.2) is 59.0 Å². The Morgan fingerprint density at radius 3 is 2.90 bits per heavy atom. The third kappa shape index (κ3) is 4.01. The van der Waals surface area contributed by atoms with Gasteiger partial charge in [0.1, 0.15) is 17.3 Å². The van der Waals surface area contributed by atoms with Gasteiger partial charge in [0, 0.05) is 36.0 Å². The quantitative estimate of drug-likeness (QED) is 0.480. The minimum Gasteiger partial charge on any atom is -0.457 e. The highest BCUT2D eigenvalue weighted by molar-refractivity contribution is 6.34. The van der Waals surface area contributed by atoms with Crippen LogP contribution >= 0.6 is 0 Å². The van der Waals surface area contributed by atoms with Crippen LogP contribution in [0.5, 0.6) is 0 Å². The summed E-state index contributed by atoms with van der Waals surface area (Å²) >= 11 is 0. The van der Waals surface area contributed by atoms with Crippen LogP contribution in [0.1, 0.15) is 21.7 Å². The van der Waals surface area contributed by atoms with Crippen LogP contribution < -0.4 is 10.6 Å². The summed E-state index contributed by atoms with van der Waals surface area (Å²) in [4.78, 5) is 24.5. The fraction of sp³-hybridized carbons (Fsp3) is 0.130. The molecule has 2 aromatic carbocycles. The summed E-state index contributed by atoms with van der Waals surface area (Å²) in [6.45, 7) is 0.852. The Balaban J connectivity index is 1.58. The topological polar surface area (TPSA) is 80.6 Å². The summed E-state index contributed by atoms with van der Waals surface area (Å²) in [5, 5.41) is 5.48. The number of benzene rings is 2. The Kier molecular flexibility index (Phi) is 5.45. The molecular weight excluding hydrogens is 387 g/mol. The van der Waals surface area contributed by atoms with Gasteiger partial charge in [-0.1, -0.05) is 12.1 Å². The van der Waals surface area contributed by atoms with Crippen LogP contribution in [0.3, 0.4) is 0 Å². The third-order valence-electron chi connectivity index (χ3n) is 4.68. The van der Waals surface area contributed by atoms with E-state index in [0.29, 0.717) is 47.1 Å². The molecule has 0 saturated heterocycles. The minimum absolute atomic E-state index is 0.205. The van der Waals surface area contributed by atoms with Crippen LogP contribution in [0.25, 0.3) is 23.0 Å². The van der Waals surface area contributed by atoms with Crippen molar-refractivity contribution in [3.63, 3.8) is 0 Å². The van der Waals surface area contributed by atoms with E-state index in [1.54, 1.807) is 43.5 Å². The number of hydrogen-bond acceptors (Lipinski definition) is 4. The lowest BCUT2D eigenvalue weighted by Crippen LogP contribution is -2.26. The van der Waals surface area contributed by atoms with Gasteiger partial charge in [0.05, 0.1) is 12.2 Å². The maximum absolute atomic E-state index is 13.6. The van der Waals surface area contributed by atoms with Crippen LogP contribution in [0.2, 0.25) is 0 Å². The van der Waals surface area contributed by atoms with Gasteiger partial charge in [-0.2, -0.15) is 0 Å². The summed E-state index contributed by atoms with van der Waals surface area (Å²) in [6.07, 6.45) is 1.57. The summed E-state index contributed by atoms with van der Waals surface area (Å²) < 4.78 is 24.4. The first kappa shape index (κ1) is 19.6. The highest BCUT2D eigenvalue weighted by atomic mass is 19.1. The second-order valence-electron chi connectivity index (χ2n) is 6.73. The number of fused-ring (bicyclic) bond motifs is 1. The van der Waals surface area contributed by atoms with Gasteiger partial charge in [0.15, 0.2) is 0 Å². The van der Waals surface area contributed by atoms with Crippen molar-refractivity contribution in [3.8, 4) is 11.3 Å². The van der Waals surface area contributed by atoms with Gasteiger partial charge >= 0.3 is 0 Å². The van der Waals surface area contributed by atoms with Gasteiger partial charge in [-0.3, -0.25) is 9.59 Å². The molecule has 2 N–H and O–H groups in total. The summed E-state index contributed by atoms with van der Waals surface area (Å²) in [5.41, 5.74) is 2.61. The first-order chi connectivity index (χ1) is 14.5. The first-order valence-corrected chi connectivity index (χ1v) is 9.35. The SMILES string of the molecule is COCCNC(=O)c1cccc(-c2ccc(C=C3C(=O)Nc4ccc(F)cc43)o2)c1. The molecule has 0 fully saturated rings. The fourth-order valence-corrected chi connectivity index (χ4v) is 3.21. The zero-order valence-corrected chi connectivity index (χ0v) is 16.2. The fourth-order valence-electron chi connectivity index (χ4n) is 3.21. The standard InChI is InChI=1S/C23H19FN2O4/c1-29-10-9-25-22(27)15-4-2-3-14(11-15)21-8-6-17(30-21)13-19-18-12-16(24)5-7-20(18)26-23(19)28/h2-8,11-13H,9-10H2,1H3,(H,25,27)(H,26,28). The van der Waals surface area contributed by atoms with E-state index in [9.17, 15) is 14.0 Å². The monoisotopic (exact) mass is 406 g/mol. The Bertz CT molecular complexity index is 1150. The van der Waals surface area contributed by atoms with Gasteiger partial charge in [-0.05, 0) is 48.5 Å². The molecule has 0 atom stereocenters. The number of anilines is 1. The molecule has 0 bridgehead atoms. The molecule has 1 aromatic heterocycles. The van der Waals surface area contributed by atoms with Crippen molar-refractivity contribution >= 4 is 29.2 Å². The molecule has 30 heavy (non-hydrogen) atoms. The number of halogens is 1. The average Bonchev–Trinajstić information content (AvgIpc) is 3.33. The van der Waals surface area contributed by atoms with E-state index < -0.39 is 5.82 Å². The van der Waals surface area contributed by atoms with E-state index in [1.807, 2.05) is 6.07 Å². The number of furan rings is 1. The van der Waals surface area contributed by atoms with Crippen molar-refractivity contribution in [2.45, 2.75) is 0 Å². The lowest BCUT2D eigenvalue weighted by atomic mass is 10.1. The Hall–Kier alpha value is -3.71. The van der Waals surface area contributed by atoms with Crippen molar-refractivity contribution in [1.29, 1.82) is 0 Å². The minimum atomic E-state index is -0.420. The number of nitrogens with one attached hydrogen (secondary N) is 2. The van der Waals surface area contributed by atoms with E-state index in [-0.39, 0.29) is 11.8 Å². The molecule has 2 heterocycles. The maximum Gasteiger partial charge on any atom is 0.256 e. The second kappa shape index (κ2) is 8.34. The summed E-state index contributed by atoms with van der Waals surface area (Å²) in [5.74, 6) is 0.0534. The zero-order valence-electron chi connectivity index (χ0n) is 16.2. The number of rotatable bonds is 6. The van der Waals surface area contributed by atoms with Crippen molar-refractivity contribution in [1.82, 2.24) is 5.32 Å². The Labute approximate surface area is 172 Å². The number of carbonyl (C=O) groups is 2. The lowest BCUT2D eigenvalue weighted by molar-refractivity contribution is -0.110. The molecule has 152 valence electrons. The highest BCUT2D eigenvalue weighted by Gasteiger charge is 2.25. The highest BCUT2D eigenvalue weighted by Crippen LogP contribution is 2.34. The van der Waals surface area contributed by atoms with E-state index in [4.69, 9.17) is 9.15 Å². The molecule has 4 rings (SSSR count). The molecule has 6 nitrogen and oxygen atoms in total. The normalized spacial score (nSPS) is 13.9. The van der Waals surface area contributed by atoms with Gasteiger partial charge < -0.3 is 19.8 Å². The Morgan fingerprint density at radius 2 is 2.07 bits per heavy atom. The average molecular weight is 406 g/mol. The molecule has 0 radical (unpaired) electrons. The van der Waals surface area contributed by atoms with Crippen LogP contribution in [-0.2, 0) is 9.53 Å². The lowest BCUT2D eigenvalue weighted by Gasteiger charge is -2.05. The van der Waals surface area contributed by atoms with E-state index in [1.165, 1.54) is 18.2 Å². The molecule has 0 saturated carbocycles. The third-order valence-corrected chi connectivity index (χ3v) is 4.68. The second-order valence-corrected chi connectivity index (χ2v) is 6.73. The number of amides is 2. The molecule has 0 spiro atoms. The summed E-state index contributed by atoms with van der Waals surface area (Å²) in [6, 6.07) is 14.7. The summed E-state index contributed by atoms with van der Waals surface area (Å²) in [7, 11) is 1.57. The molecule has 0 aliphatic carbocycles. The van der Waals surface area contributed by atoms with Crippen LogP contribution in [0, 0.1) is 5.82 Å². The smallest absolute Gasteiger partial charge is 0.256 e. The molecule has 2 amide bonds. The molecular formula is C23H19FN2O4. The molecule has 0 unspecified atom stereocenters. The van der Waals surface area contributed by atoms with E-state index in [2.05, 4.69) is 10.6 Å². The number of methoxy groups -OCH3 is 1. The molecule has 1 aliphatic rings. The maximum atomic E-state index is 13.6. The molecule has 1 aliphatic heterocycles. The number of ether oxygens (including phenoxy) is 1. The van der Waals surface area contributed by atoms with Gasteiger partial charge in [0.2, 0.25) is 0 Å². The van der Waals surface area contributed by atoms with Crippen molar-refractivity contribution in [2.24, 2.45) is 0 Å². The van der Waals surface area contributed by atoms with Crippen molar-refractivity contribution < 1.29 is 23.1 Å². The number of carbonyl (C=O) groups excluding carboxylic acids is 2. The molecule has 3 aromatic rings. The van der Waals surface area contributed by atoms with Crippen LogP contribution in [-0.4, -0.2) is 32.1 Å². The number of hydrogen-bond donors (Lipinski definition) is 2. The van der Waals surface area contributed by atoms with Crippen LogP contribution in [0.4, 0.5) is 10.1 Å². The van der Waals surface area contributed by atoms with Crippen molar-refractivity contribution in [2.75, 3.05) is 25.6 Å². The molecule has 7 heteroatoms.